The summed E-state index contributed by atoms with van der Waals surface area (Å²) >= 11 is 0. The monoisotopic (exact) mass is 232 g/mol. The van der Waals surface area contributed by atoms with Gasteiger partial charge in [-0.05, 0) is 12.1 Å². The second-order valence-corrected chi connectivity index (χ2v) is 4.02. The second-order valence-electron chi connectivity index (χ2n) is 4.02. The summed E-state index contributed by atoms with van der Waals surface area (Å²) in [6.07, 6.45) is 0.635. The van der Waals surface area contributed by atoms with Crippen LogP contribution in [-0.4, -0.2) is 21.5 Å². The third kappa shape index (κ3) is 1.64. The van der Waals surface area contributed by atoms with Gasteiger partial charge in [-0.1, -0.05) is 6.07 Å². The van der Waals surface area contributed by atoms with Gasteiger partial charge in [0.25, 0.3) is 5.56 Å². The highest BCUT2D eigenvalue weighted by atomic mass is 16.5. The third-order valence-corrected chi connectivity index (χ3v) is 2.93. The smallest absolute Gasteiger partial charge is 0.268 e. The van der Waals surface area contributed by atoms with Crippen LogP contribution in [0.2, 0.25) is 0 Å². The van der Waals surface area contributed by atoms with Crippen molar-refractivity contribution in [3.8, 4) is 11.4 Å². The number of ether oxygens (including phenoxy) is 1. The molecule has 0 radical (unpaired) electrons. The molecule has 0 amide bonds. The first-order valence-corrected chi connectivity index (χ1v) is 5.45. The molecule has 5 nitrogen and oxygen atoms in total. The Labute approximate surface area is 97.3 Å². The molecule has 0 unspecified atom stereocenters. The maximum Gasteiger partial charge on any atom is 0.268 e. The van der Waals surface area contributed by atoms with Crippen LogP contribution < -0.4 is 5.56 Å². The molecule has 88 valence electrons. The van der Waals surface area contributed by atoms with E-state index < -0.39 is 0 Å². The van der Waals surface area contributed by atoms with Crippen molar-refractivity contribution in [3.63, 3.8) is 0 Å². The van der Waals surface area contributed by atoms with Crippen LogP contribution in [0.4, 0.5) is 0 Å². The average Bonchev–Trinajstić information content (AvgIpc) is 2.68. The molecule has 3 rings (SSSR count). The van der Waals surface area contributed by atoms with E-state index in [1.54, 1.807) is 22.9 Å². The van der Waals surface area contributed by atoms with Gasteiger partial charge in [0.15, 0.2) is 0 Å². The van der Waals surface area contributed by atoms with Crippen molar-refractivity contribution in [2.75, 3.05) is 6.61 Å². The van der Waals surface area contributed by atoms with Gasteiger partial charge in [0, 0.05) is 18.1 Å². The van der Waals surface area contributed by atoms with Gasteiger partial charge < -0.3 is 9.84 Å². The van der Waals surface area contributed by atoms with E-state index in [2.05, 4.69) is 5.10 Å². The lowest BCUT2D eigenvalue weighted by Gasteiger charge is -2.14. The molecule has 1 aromatic heterocycles. The number of phenolic OH excluding ortho intramolecular Hbond substituents is 1. The highest BCUT2D eigenvalue weighted by molar-refractivity contribution is 5.40. The highest BCUT2D eigenvalue weighted by Gasteiger charge is 2.19. The van der Waals surface area contributed by atoms with Crippen LogP contribution >= 0.6 is 0 Å². The van der Waals surface area contributed by atoms with Crippen molar-refractivity contribution >= 4 is 0 Å². The Hall–Kier alpha value is -2.01. The van der Waals surface area contributed by atoms with E-state index in [0.29, 0.717) is 19.6 Å². The van der Waals surface area contributed by atoms with E-state index in [9.17, 15) is 9.90 Å². The molecule has 0 bridgehead atoms. The lowest BCUT2D eigenvalue weighted by atomic mass is 10.1. The van der Waals surface area contributed by atoms with Crippen LogP contribution in [0.5, 0.6) is 5.75 Å². The van der Waals surface area contributed by atoms with E-state index >= 15 is 0 Å². The maximum atomic E-state index is 11.7. The van der Waals surface area contributed by atoms with Gasteiger partial charge >= 0.3 is 0 Å². The van der Waals surface area contributed by atoms with Crippen LogP contribution in [0.25, 0.3) is 5.69 Å². The van der Waals surface area contributed by atoms with Crippen molar-refractivity contribution in [3.05, 3.63) is 45.9 Å². The maximum absolute atomic E-state index is 11.7. The summed E-state index contributed by atoms with van der Waals surface area (Å²) in [5.74, 6) is 0.169. The number of aromatic nitrogens is 2. The van der Waals surface area contributed by atoms with Gasteiger partial charge in [0.2, 0.25) is 0 Å². The van der Waals surface area contributed by atoms with Crippen molar-refractivity contribution < 1.29 is 9.84 Å². The zero-order chi connectivity index (χ0) is 11.8. The molecule has 0 aliphatic carbocycles. The largest absolute Gasteiger partial charge is 0.508 e. The number of benzene rings is 1. The molecule has 2 aromatic rings. The van der Waals surface area contributed by atoms with Crippen LogP contribution in [-0.2, 0) is 17.8 Å². The molecular formula is C12H12N2O3. The summed E-state index contributed by atoms with van der Waals surface area (Å²) in [7, 11) is 0. The molecular weight excluding hydrogens is 220 g/mol. The number of hydrogen-bond donors (Lipinski definition) is 2. The quantitative estimate of drug-likeness (QED) is 0.769. The van der Waals surface area contributed by atoms with Gasteiger partial charge in [0.05, 0.1) is 24.6 Å². The lowest BCUT2D eigenvalue weighted by Crippen LogP contribution is -2.15. The van der Waals surface area contributed by atoms with Crippen LogP contribution in [0, 0.1) is 0 Å². The number of nitrogens with zero attached hydrogens (tertiary/aromatic N) is 1. The van der Waals surface area contributed by atoms with Gasteiger partial charge in [-0.2, -0.15) is 0 Å². The first-order chi connectivity index (χ1) is 8.25. The Morgan fingerprint density at radius 1 is 1.41 bits per heavy atom. The molecule has 1 aliphatic rings. The van der Waals surface area contributed by atoms with E-state index in [0.717, 1.165) is 16.9 Å². The van der Waals surface area contributed by atoms with E-state index in [4.69, 9.17) is 4.74 Å². The highest BCUT2D eigenvalue weighted by Crippen LogP contribution is 2.19. The molecule has 0 saturated carbocycles. The predicted octanol–water partition coefficient (Wildman–Crippen LogP) is 0.944. The van der Waals surface area contributed by atoms with E-state index in [1.807, 2.05) is 6.07 Å². The third-order valence-electron chi connectivity index (χ3n) is 2.93. The standard InChI is InChI=1S/C12H12N2O3/c15-9-3-1-2-8(6-9)14-11-7-17-5-4-10(11)12(16)13-14/h1-3,6,15H,4-5,7H2,(H,13,16). The summed E-state index contributed by atoms with van der Waals surface area (Å²) in [4.78, 5) is 11.7. The molecule has 17 heavy (non-hydrogen) atoms. The van der Waals surface area contributed by atoms with E-state index in [1.165, 1.54) is 0 Å². The Morgan fingerprint density at radius 2 is 2.29 bits per heavy atom. The Bertz CT molecular complexity index is 612. The predicted molar refractivity (Wildman–Crippen MR) is 61.4 cm³/mol. The molecule has 1 aromatic carbocycles. The molecule has 1 aliphatic heterocycles. The zero-order valence-corrected chi connectivity index (χ0v) is 9.14. The number of H-pyrrole nitrogens is 1. The molecule has 2 N–H and O–H groups in total. The Kier molecular flexibility index (Phi) is 2.26. The number of aromatic amines is 1. The minimum absolute atomic E-state index is 0.0772. The SMILES string of the molecule is O=c1[nH]n(-c2cccc(O)c2)c2c1CCOC2. The number of hydrogen-bond acceptors (Lipinski definition) is 3. The number of aromatic hydroxyl groups is 1. The molecule has 0 saturated heterocycles. The number of fused-ring (bicyclic) bond motifs is 1. The van der Waals surface area contributed by atoms with Gasteiger partial charge in [-0.3, -0.25) is 14.6 Å². The Balaban J connectivity index is 2.18. The van der Waals surface area contributed by atoms with Crippen molar-refractivity contribution in [2.45, 2.75) is 13.0 Å². The summed E-state index contributed by atoms with van der Waals surface area (Å²) in [5.41, 5.74) is 2.27. The summed E-state index contributed by atoms with van der Waals surface area (Å²) < 4.78 is 7.04. The van der Waals surface area contributed by atoms with Crippen LogP contribution in [0.3, 0.4) is 0 Å². The van der Waals surface area contributed by atoms with Crippen LogP contribution in [0.15, 0.2) is 29.1 Å². The fourth-order valence-corrected chi connectivity index (χ4v) is 2.11. The average molecular weight is 232 g/mol. The fourth-order valence-electron chi connectivity index (χ4n) is 2.11. The minimum atomic E-state index is -0.0772. The van der Waals surface area contributed by atoms with Crippen LogP contribution in [0.1, 0.15) is 11.3 Å². The molecule has 5 heteroatoms. The lowest BCUT2D eigenvalue weighted by molar-refractivity contribution is 0.106. The number of rotatable bonds is 1. The van der Waals surface area contributed by atoms with E-state index in [-0.39, 0.29) is 11.3 Å². The normalized spacial score (nSPS) is 14.6. The summed E-state index contributed by atoms with van der Waals surface area (Å²) in [6, 6.07) is 6.75. The summed E-state index contributed by atoms with van der Waals surface area (Å²) in [6.45, 7) is 1.00. The van der Waals surface area contributed by atoms with Crippen molar-refractivity contribution in [1.82, 2.24) is 9.78 Å². The molecule has 0 fully saturated rings. The first-order valence-electron chi connectivity index (χ1n) is 5.45. The summed E-state index contributed by atoms with van der Waals surface area (Å²) in [5, 5.41) is 12.2. The number of nitrogens with one attached hydrogen (secondary N) is 1. The minimum Gasteiger partial charge on any atom is -0.508 e. The Morgan fingerprint density at radius 3 is 3.12 bits per heavy atom. The first kappa shape index (κ1) is 10.2. The molecule has 0 spiro atoms. The van der Waals surface area contributed by atoms with Crippen molar-refractivity contribution in [1.29, 1.82) is 0 Å². The number of phenols is 1. The fraction of sp³-hybridized carbons (Fsp3) is 0.250. The molecule has 2 heterocycles. The van der Waals surface area contributed by atoms with Gasteiger partial charge in [-0.25, -0.2) is 0 Å². The van der Waals surface area contributed by atoms with Crippen molar-refractivity contribution in [2.24, 2.45) is 0 Å². The van der Waals surface area contributed by atoms with Gasteiger partial charge in [-0.15, -0.1) is 0 Å². The zero-order valence-electron chi connectivity index (χ0n) is 9.14. The molecule has 0 atom stereocenters. The topological polar surface area (TPSA) is 67.2 Å². The second kappa shape index (κ2) is 3.78. The van der Waals surface area contributed by atoms with Gasteiger partial charge in [0.1, 0.15) is 5.75 Å².